The number of hydrogen-bond donors (Lipinski definition) is 2. The van der Waals surface area contributed by atoms with Gasteiger partial charge in [0.25, 0.3) is 0 Å². The summed E-state index contributed by atoms with van der Waals surface area (Å²) in [5, 5.41) is 3.82. The second kappa shape index (κ2) is 11.2. The smallest absolute Gasteiger partial charge is 0.245 e. The van der Waals surface area contributed by atoms with Crippen LogP contribution in [-0.2, 0) is 9.47 Å². The van der Waals surface area contributed by atoms with Gasteiger partial charge in [-0.05, 0) is 56.0 Å². The molecule has 1 unspecified atom stereocenters. The molecular formula is C28H33N5O3S. The monoisotopic (exact) mass is 519 g/mol. The molecule has 1 aliphatic carbocycles. The molecule has 0 bridgehead atoms. The Morgan fingerprint density at radius 1 is 1.19 bits per heavy atom. The maximum atomic E-state index is 13.1. The van der Waals surface area contributed by atoms with Crippen molar-refractivity contribution < 1.29 is 14.3 Å². The van der Waals surface area contributed by atoms with Crippen LogP contribution in [-0.4, -0.2) is 47.9 Å². The van der Waals surface area contributed by atoms with Crippen molar-refractivity contribution in [1.82, 2.24) is 9.88 Å². The van der Waals surface area contributed by atoms with Crippen molar-refractivity contribution in [3.63, 3.8) is 0 Å². The van der Waals surface area contributed by atoms with Crippen molar-refractivity contribution in [2.75, 3.05) is 42.1 Å². The third-order valence-corrected chi connectivity index (χ3v) is 7.98. The van der Waals surface area contributed by atoms with E-state index in [0.29, 0.717) is 21.8 Å². The number of ketones is 1. The third-order valence-electron chi connectivity index (χ3n) is 7.00. The molecule has 3 aliphatic rings. The minimum Gasteiger partial charge on any atom is -0.465 e. The number of nitrogens with one attached hydrogen (secondary N) is 1. The summed E-state index contributed by atoms with van der Waals surface area (Å²) in [7, 11) is 0. The molecule has 1 saturated heterocycles. The number of carbonyl (C=O) groups excluding carboxylic acids is 1. The number of ether oxygens (including phenoxy) is 2. The second-order valence-corrected chi connectivity index (χ2v) is 10.4. The lowest BCUT2D eigenvalue weighted by molar-refractivity contribution is 0.0938. The van der Waals surface area contributed by atoms with E-state index in [0.717, 1.165) is 50.3 Å². The lowest BCUT2D eigenvalue weighted by Crippen LogP contribution is -2.49. The van der Waals surface area contributed by atoms with Crippen LogP contribution >= 0.6 is 11.3 Å². The predicted molar refractivity (Wildman–Crippen MR) is 149 cm³/mol. The van der Waals surface area contributed by atoms with Crippen molar-refractivity contribution in [2.24, 2.45) is 0 Å². The number of rotatable bonds is 8. The Kier molecular flexibility index (Phi) is 7.62. The molecule has 1 fully saturated rings. The molecule has 0 radical (unpaired) electrons. The molecule has 3 heterocycles. The van der Waals surface area contributed by atoms with Crippen LogP contribution in [0, 0.1) is 0 Å². The van der Waals surface area contributed by atoms with Crippen LogP contribution < -0.4 is 16.0 Å². The highest BCUT2D eigenvalue weighted by Crippen LogP contribution is 2.33. The van der Waals surface area contributed by atoms with E-state index in [-0.39, 0.29) is 17.4 Å². The fourth-order valence-corrected chi connectivity index (χ4v) is 5.44. The average Bonchev–Trinajstić information content (AvgIpc) is 3.32. The molecule has 2 aromatic rings. The summed E-state index contributed by atoms with van der Waals surface area (Å²) in [5.74, 6) is 0.437. The highest BCUT2D eigenvalue weighted by molar-refractivity contribution is 7.18. The summed E-state index contributed by atoms with van der Waals surface area (Å²) < 4.78 is 11.3. The summed E-state index contributed by atoms with van der Waals surface area (Å²) in [6.07, 6.45) is 11.8. The number of nitrogens with zero attached hydrogens (tertiary/aromatic N) is 3. The molecule has 0 spiro atoms. The lowest BCUT2D eigenvalue weighted by Gasteiger charge is -2.39. The number of carbonyl (C=O) groups is 1. The summed E-state index contributed by atoms with van der Waals surface area (Å²) >= 11 is 1.20. The molecule has 1 aromatic carbocycles. The maximum Gasteiger partial charge on any atom is 0.245 e. The molecule has 0 amide bonds. The van der Waals surface area contributed by atoms with Gasteiger partial charge in [-0.1, -0.05) is 36.5 Å². The van der Waals surface area contributed by atoms with Gasteiger partial charge in [-0.25, -0.2) is 4.98 Å². The number of Topliss-reactive ketones (excluding diaryl/α,β-unsaturated/α-hetero) is 1. The van der Waals surface area contributed by atoms with Crippen LogP contribution in [0.2, 0.25) is 0 Å². The molecule has 5 rings (SSSR count). The van der Waals surface area contributed by atoms with Crippen LogP contribution in [0.25, 0.3) is 0 Å². The number of thiazole rings is 1. The van der Waals surface area contributed by atoms with Gasteiger partial charge in [0, 0.05) is 43.6 Å². The van der Waals surface area contributed by atoms with Gasteiger partial charge in [0.05, 0.1) is 0 Å². The fourth-order valence-electron chi connectivity index (χ4n) is 4.59. The van der Waals surface area contributed by atoms with Gasteiger partial charge in [0.1, 0.15) is 23.2 Å². The molecular weight excluding hydrogens is 486 g/mol. The second-order valence-electron chi connectivity index (χ2n) is 9.38. The Balaban J connectivity index is 1.20. The molecule has 1 aromatic heterocycles. The fraction of sp³-hybridized carbons (Fsp3) is 0.357. The first kappa shape index (κ1) is 25.1. The zero-order chi connectivity index (χ0) is 25.8. The molecule has 194 valence electrons. The Morgan fingerprint density at radius 3 is 2.68 bits per heavy atom. The van der Waals surface area contributed by atoms with E-state index in [1.54, 1.807) is 0 Å². The van der Waals surface area contributed by atoms with Gasteiger partial charge in [-0.3, -0.25) is 9.69 Å². The van der Waals surface area contributed by atoms with Crippen LogP contribution in [0.4, 0.5) is 22.3 Å². The van der Waals surface area contributed by atoms with Crippen LogP contribution in [0.15, 0.2) is 72.1 Å². The van der Waals surface area contributed by atoms with Crippen molar-refractivity contribution in [3.8, 4) is 0 Å². The Hall–Kier alpha value is -3.56. The van der Waals surface area contributed by atoms with Gasteiger partial charge >= 0.3 is 0 Å². The van der Waals surface area contributed by atoms with E-state index in [9.17, 15) is 4.79 Å². The van der Waals surface area contributed by atoms with E-state index >= 15 is 0 Å². The first-order chi connectivity index (χ1) is 18.0. The van der Waals surface area contributed by atoms with Gasteiger partial charge < -0.3 is 25.4 Å². The molecule has 2 aliphatic heterocycles. The normalized spacial score (nSPS) is 18.8. The van der Waals surface area contributed by atoms with Crippen molar-refractivity contribution in [1.29, 1.82) is 0 Å². The SMILES string of the molecule is CCC(C)N1CCN(c2ccc(Nc3nc(N)c(C(=O)C4=COC=C(C5=CC=CCC5)O4)s3)cc2)CC1. The Morgan fingerprint density at radius 2 is 1.97 bits per heavy atom. The molecule has 3 N–H and O–H groups in total. The minimum atomic E-state index is -0.354. The van der Waals surface area contributed by atoms with Gasteiger partial charge in [0.2, 0.25) is 11.5 Å². The number of allylic oxidation sites excluding steroid dienone is 5. The van der Waals surface area contributed by atoms with Gasteiger partial charge in [0.15, 0.2) is 10.9 Å². The van der Waals surface area contributed by atoms with Crippen molar-refractivity contribution in [3.05, 3.63) is 77.0 Å². The Labute approximate surface area is 221 Å². The molecule has 1 atom stereocenters. The van der Waals surface area contributed by atoms with Crippen LogP contribution in [0.1, 0.15) is 42.8 Å². The highest BCUT2D eigenvalue weighted by Gasteiger charge is 2.26. The molecule has 9 heteroatoms. The summed E-state index contributed by atoms with van der Waals surface area (Å²) in [5.41, 5.74) is 9.19. The zero-order valence-electron chi connectivity index (χ0n) is 21.3. The lowest BCUT2D eigenvalue weighted by atomic mass is 10.0. The Bertz CT molecular complexity index is 1250. The third kappa shape index (κ3) is 5.73. The first-order valence-corrected chi connectivity index (χ1v) is 13.6. The molecule has 8 nitrogen and oxygen atoms in total. The average molecular weight is 520 g/mol. The minimum absolute atomic E-state index is 0.0904. The van der Waals surface area contributed by atoms with Crippen molar-refractivity contribution in [2.45, 2.75) is 39.2 Å². The van der Waals surface area contributed by atoms with Crippen LogP contribution in [0.5, 0.6) is 0 Å². The van der Waals surface area contributed by atoms with Gasteiger partial charge in [-0.15, -0.1) is 0 Å². The van der Waals surface area contributed by atoms with Crippen molar-refractivity contribution >= 4 is 39.4 Å². The number of piperazine rings is 1. The van der Waals surface area contributed by atoms with E-state index in [2.05, 4.69) is 52.2 Å². The summed E-state index contributed by atoms with van der Waals surface area (Å²) in [6, 6.07) is 8.92. The van der Waals surface area contributed by atoms with E-state index in [4.69, 9.17) is 15.2 Å². The number of benzene rings is 1. The number of anilines is 4. The largest absolute Gasteiger partial charge is 0.465 e. The maximum absolute atomic E-state index is 13.1. The number of aromatic nitrogens is 1. The summed E-state index contributed by atoms with van der Waals surface area (Å²) in [4.78, 5) is 22.8. The quantitative estimate of drug-likeness (QED) is 0.437. The van der Waals surface area contributed by atoms with Crippen LogP contribution in [0.3, 0.4) is 0 Å². The van der Waals surface area contributed by atoms with Gasteiger partial charge in [-0.2, -0.15) is 0 Å². The number of nitrogen functional groups attached to an aromatic ring is 1. The first-order valence-electron chi connectivity index (χ1n) is 12.8. The molecule has 0 saturated carbocycles. The van der Waals surface area contributed by atoms with E-state index in [1.807, 2.05) is 24.3 Å². The number of hydrogen-bond acceptors (Lipinski definition) is 9. The predicted octanol–water partition coefficient (Wildman–Crippen LogP) is 5.58. The topological polar surface area (TPSA) is 93.0 Å². The highest BCUT2D eigenvalue weighted by atomic mass is 32.1. The zero-order valence-corrected chi connectivity index (χ0v) is 22.1. The van der Waals surface area contributed by atoms with E-state index in [1.165, 1.54) is 36.0 Å². The standard InChI is InChI=1S/C28H33N5O3S/c1-3-19(2)32-13-15-33(16-14-32)22-11-9-21(10-12-22)30-28-31-27(29)26(37-28)25(34)24-18-35-17-23(36-24)20-7-5-4-6-8-20/h4-5,7,9-12,17-19H,3,6,8,13-16,29H2,1-2H3,(H,30,31). The van der Waals surface area contributed by atoms with E-state index < -0.39 is 0 Å². The summed E-state index contributed by atoms with van der Waals surface area (Å²) in [6.45, 7) is 8.77. The molecule has 37 heavy (non-hydrogen) atoms. The number of nitrogens with two attached hydrogens (primary N) is 1.